The van der Waals surface area contributed by atoms with E-state index < -0.39 is 0 Å². The van der Waals surface area contributed by atoms with E-state index in [1.165, 1.54) is 11.5 Å². The summed E-state index contributed by atoms with van der Waals surface area (Å²) in [6.07, 6.45) is 0. The Hall–Kier alpha value is -1.01. The second-order valence-corrected chi connectivity index (χ2v) is 7.34. The first-order valence-electron chi connectivity index (χ1n) is 6.79. The van der Waals surface area contributed by atoms with Crippen molar-refractivity contribution in [3.8, 4) is 0 Å². The van der Waals surface area contributed by atoms with E-state index in [0.717, 1.165) is 36.8 Å². The SMILES string of the molecule is CC(C)(C)c1nnsc1C(=O)N1C[C@H]2CNC[C@H]2C1. The van der Waals surface area contributed by atoms with Gasteiger partial charge in [0.1, 0.15) is 4.88 Å². The van der Waals surface area contributed by atoms with E-state index in [0.29, 0.717) is 11.8 Å². The first kappa shape index (κ1) is 13.0. The molecular formula is C13H20N4OS. The van der Waals surface area contributed by atoms with Crippen LogP contribution in [-0.2, 0) is 5.41 Å². The predicted molar refractivity (Wildman–Crippen MR) is 74.4 cm³/mol. The van der Waals surface area contributed by atoms with Gasteiger partial charge in [0, 0.05) is 31.6 Å². The Bertz CT molecular complexity index is 481. The fraction of sp³-hybridized carbons (Fsp3) is 0.769. The van der Waals surface area contributed by atoms with Crippen LogP contribution >= 0.6 is 11.5 Å². The highest BCUT2D eigenvalue weighted by Crippen LogP contribution is 2.31. The van der Waals surface area contributed by atoms with E-state index in [2.05, 4.69) is 35.7 Å². The average Bonchev–Trinajstić information content (AvgIpc) is 3.01. The van der Waals surface area contributed by atoms with Crippen molar-refractivity contribution in [2.75, 3.05) is 26.2 Å². The minimum Gasteiger partial charge on any atom is -0.337 e. The van der Waals surface area contributed by atoms with Gasteiger partial charge in [-0.15, -0.1) is 5.10 Å². The van der Waals surface area contributed by atoms with Crippen LogP contribution in [-0.4, -0.2) is 46.6 Å². The van der Waals surface area contributed by atoms with Gasteiger partial charge in [-0.25, -0.2) is 0 Å². The van der Waals surface area contributed by atoms with Crippen LogP contribution in [0.5, 0.6) is 0 Å². The van der Waals surface area contributed by atoms with Crippen LogP contribution in [0, 0.1) is 11.8 Å². The molecule has 0 unspecified atom stereocenters. The quantitative estimate of drug-likeness (QED) is 0.838. The Kier molecular flexibility index (Phi) is 3.09. The zero-order valence-corrected chi connectivity index (χ0v) is 12.5. The number of hydrogen-bond donors (Lipinski definition) is 1. The Balaban J connectivity index is 1.80. The van der Waals surface area contributed by atoms with Crippen LogP contribution in [0.3, 0.4) is 0 Å². The second kappa shape index (κ2) is 4.52. The summed E-state index contributed by atoms with van der Waals surface area (Å²) in [5.41, 5.74) is 0.701. The second-order valence-electron chi connectivity index (χ2n) is 6.59. The monoisotopic (exact) mass is 280 g/mol. The summed E-state index contributed by atoms with van der Waals surface area (Å²) < 4.78 is 3.99. The number of carbonyl (C=O) groups excluding carboxylic acids is 1. The van der Waals surface area contributed by atoms with Crippen molar-refractivity contribution in [1.82, 2.24) is 19.8 Å². The topological polar surface area (TPSA) is 58.1 Å². The van der Waals surface area contributed by atoms with Crippen molar-refractivity contribution in [1.29, 1.82) is 0 Å². The molecule has 3 heterocycles. The maximum atomic E-state index is 12.6. The van der Waals surface area contributed by atoms with Crippen molar-refractivity contribution >= 4 is 17.4 Å². The Morgan fingerprint density at radius 1 is 1.32 bits per heavy atom. The highest BCUT2D eigenvalue weighted by Gasteiger charge is 2.40. The van der Waals surface area contributed by atoms with E-state index in [1.807, 2.05) is 4.90 Å². The number of fused-ring (bicyclic) bond motifs is 1. The molecule has 0 radical (unpaired) electrons. The molecule has 0 aromatic carbocycles. The standard InChI is InChI=1S/C13H20N4OS/c1-13(2,3)11-10(19-16-15-11)12(18)17-6-8-4-14-5-9(8)7-17/h8-9,14H,4-7H2,1-3H3/t8-,9+. The van der Waals surface area contributed by atoms with Gasteiger partial charge in [-0.1, -0.05) is 25.3 Å². The van der Waals surface area contributed by atoms with Crippen LogP contribution in [0.4, 0.5) is 0 Å². The molecule has 0 spiro atoms. The maximum Gasteiger partial charge on any atom is 0.267 e. The maximum absolute atomic E-state index is 12.6. The first-order valence-corrected chi connectivity index (χ1v) is 7.57. The number of aromatic nitrogens is 2. The predicted octanol–water partition coefficient (Wildman–Crippen LogP) is 1.13. The van der Waals surface area contributed by atoms with Gasteiger partial charge in [0.15, 0.2) is 0 Å². The van der Waals surface area contributed by atoms with Crippen LogP contribution in [0.15, 0.2) is 0 Å². The van der Waals surface area contributed by atoms with Gasteiger partial charge >= 0.3 is 0 Å². The first-order chi connectivity index (χ1) is 8.97. The number of nitrogens with one attached hydrogen (secondary N) is 1. The van der Waals surface area contributed by atoms with Gasteiger partial charge in [-0.3, -0.25) is 4.79 Å². The lowest BCUT2D eigenvalue weighted by Gasteiger charge is -2.20. The normalized spacial score (nSPS) is 26.8. The van der Waals surface area contributed by atoms with E-state index in [1.54, 1.807) is 0 Å². The molecule has 0 saturated carbocycles. The Morgan fingerprint density at radius 3 is 2.53 bits per heavy atom. The molecule has 2 atom stereocenters. The Labute approximate surface area is 117 Å². The fourth-order valence-electron chi connectivity index (χ4n) is 2.99. The Morgan fingerprint density at radius 2 is 1.95 bits per heavy atom. The van der Waals surface area contributed by atoms with Crippen LogP contribution in [0.25, 0.3) is 0 Å². The molecule has 1 N–H and O–H groups in total. The summed E-state index contributed by atoms with van der Waals surface area (Å²) in [4.78, 5) is 15.4. The third kappa shape index (κ3) is 2.27. The molecule has 5 nitrogen and oxygen atoms in total. The van der Waals surface area contributed by atoms with Crippen LogP contribution in [0.2, 0.25) is 0 Å². The lowest BCUT2D eigenvalue weighted by Crippen LogP contribution is -2.32. The minimum absolute atomic E-state index is 0.120. The van der Waals surface area contributed by atoms with E-state index in [-0.39, 0.29) is 11.3 Å². The number of carbonyl (C=O) groups is 1. The number of hydrogen-bond acceptors (Lipinski definition) is 5. The van der Waals surface area contributed by atoms with E-state index in [4.69, 9.17) is 0 Å². The average molecular weight is 280 g/mol. The van der Waals surface area contributed by atoms with Gasteiger partial charge in [-0.2, -0.15) is 0 Å². The molecule has 2 aliphatic rings. The van der Waals surface area contributed by atoms with Crippen molar-refractivity contribution in [3.05, 3.63) is 10.6 Å². The van der Waals surface area contributed by atoms with Crippen molar-refractivity contribution in [2.45, 2.75) is 26.2 Å². The number of nitrogens with zero attached hydrogens (tertiary/aromatic N) is 3. The van der Waals surface area contributed by atoms with Gasteiger partial charge in [0.05, 0.1) is 5.69 Å². The summed E-state index contributed by atoms with van der Waals surface area (Å²) in [6.45, 7) is 10.1. The minimum atomic E-state index is -0.130. The zero-order valence-electron chi connectivity index (χ0n) is 11.6. The molecule has 6 heteroatoms. The molecule has 0 aliphatic carbocycles. The number of amides is 1. The molecule has 0 bridgehead atoms. The highest BCUT2D eigenvalue weighted by atomic mass is 32.1. The smallest absolute Gasteiger partial charge is 0.267 e. The lowest BCUT2D eigenvalue weighted by atomic mass is 9.91. The van der Waals surface area contributed by atoms with Gasteiger partial charge in [-0.05, 0) is 23.4 Å². The molecule has 3 rings (SSSR count). The molecule has 1 amide bonds. The summed E-state index contributed by atoms with van der Waals surface area (Å²) in [5, 5.41) is 7.55. The lowest BCUT2D eigenvalue weighted by molar-refractivity contribution is 0.0784. The summed E-state index contributed by atoms with van der Waals surface area (Å²) >= 11 is 1.23. The van der Waals surface area contributed by atoms with Gasteiger partial charge in [0.25, 0.3) is 5.91 Å². The summed E-state index contributed by atoms with van der Waals surface area (Å²) in [5.74, 6) is 1.38. The zero-order chi connectivity index (χ0) is 13.6. The summed E-state index contributed by atoms with van der Waals surface area (Å²) in [7, 11) is 0. The van der Waals surface area contributed by atoms with E-state index in [9.17, 15) is 4.79 Å². The fourth-order valence-corrected chi connectivity index (χ4v) is 3.83. The highest BCUT2D eigenvalue weighted by molar-refractivity contribution is 7.08. The van der Waals surface area contributed by atoms with Crippen LogP contribution < -0.4 is 5.32 Å². The third-order valence-electron chi connectivity index (χ3n) is 4.07. The third-order valence-corrected chi connectivity index (χ3v) is 4.78. The van der Waals surface area contributed by atoms with E-state index >= 15 is 0 Å². The largest absolute Gasteiger partial charge is 0.337 e. The number of rotatable bonds is 1. The molecule has 1 aromatic rings. The molecule has 1 aromatic heterocycles. The van der Waals surface area contributed by atoms with Gasteiger partial charge in [0.2, 0.25) is 0 Å². The number of likely N-dealkylation sites (tertiary alicyclic amines) is 1. The molecular weight excluding hydrogens is 260 g/mol. The van der Waals surface area contributed by atoms with Gasteiger partial charge < -0.3 is 10.2 Å². The molecule has 104 valence electrons. The molecule has 19 heavy (non-hydrogen) atoms. The van der Waals surface area contributed by atoms with Crippen LogP contribution in [0.1, 0.15) is 36.1 Å². The molecule has 2 aliphatic heterocycles. The van der Waals surface area contributed by atoms with Crippen molar-refractivity contribution in [3.63, 3.8) is 0 Å². The molecule has 2 fully saturated rings. The molecule has 2 saturated heterocycles. The summed E-state index contributed by atoms with van der Waals surface area (Å²) in [6, 6.07) is 0. The van der Waals surface area contributed by atoms with Crippen molar-refractivity contribution in [2.24, 2.45) is 11.8 Å². The van der Waals surface area contributed by atoms with Crippen molar-refractivity contribution < 1.29 is 4.79 Å².